The third-order valence-electron chi connectivity index (χ3n) is 2.83. The molecule has 21 heavy (non-hydrogen) atoms. The Labute approximate surface area is 120 Å². The van der Waals surface area contributed by atoms with E-state index >= 15 is 0 Å². The van der Waals surface area contributed by atoms with Gasteiger partial charge in [-0.3, -0.25) is 9.59 Å². The summed E-state index contributed by atoms with van der Waals surface area (Å²) in [6.45, 7) is 1.35. The minimum Gasteiger partial charge on any atom is -0.368 e. The molecule has 0 radical (unpaired) electrons. The average Bonchev–Trinajstić information content (AvgIpc) is 2.37. The van der Waals surface area contributed by atoms with Gasteiger partial charge in [0.25, 0.3) is 0 Å². The summed E-state index contributed by atoms with van der Waals surface area (Å²) in [4.78, 5) is 33.8. The van der Waals surface area contributed by atoms with Crippen LogP contribution in [-0.4, -0.2) is 23.6 Å². The van der Waals surface area contributed by atoms with Crippen LogP contribution in [0.25, 0.3) is 0 Å². The Bertz CT molecular complexity index is 561. The molecule has 1 aromatic rings. The van der Waals surface area contributed by atoms with Crippen LogP contribution in [0, 0.1) is 11.6 Å². The minimum absolute atomic E-state index is 0.00342. The number of carbonyl (C=O) groups is 3. The lowest BCUT2D eigenvalue weighted by molar-refractivity contribution is -0.127. The number of hydrogen-bond acceptors (Lipinski definition) is 3. The van der Waals surface area contributed by atoms with Crippen LogP contribution >= 0.6 is 0 Å². The fraction of sp³-hybridized carbons (Fsp3) is 0.357. The predicted molar refractivity (Wildman–Crippen MR) is 71.1 cm³/mol. The zero-order chi connectivity index (χ0) is 16.0. The van der Waals surface area contributed by atoms with Gasteiger partial charge in [0.1, 0.15) is 23.5 Å². The Morgan fingerprint density at radius 3 is 2.48 bits per heavy atom. The smallest absolute Gasteiger partial charge is 0.240 e. The maximum atomic E-state index is 13.4. The summed E-state index contributed by atoms with van der Waals surface area (Å²) in [6.07, 6.45) is -0.170. The number of carbonyl (C=O) groups excluding carboxylic acids is 3. The maximum Gasteiger partial charge on any atom is 0.240 e. The van der Waals surface area contributed by atoms with Crippen LogP contribution in [0.3, 0.4) is 0 Å². The van der Waals surface area contributed by atoms with E-state index in [0.717, 1.165) is 12.1 Å². The van der Waals surface area contributed by atoms with E-state index in [9.17, 15) is 23.2 Å². The molecule has 0 unspecified atom stereocenters. The highest BCUT2D eigenvalue weighted by atomic mass is 19.1. The van der Waals surface area contributed by atoms with Crippen molar-refractivity contribution in [3.8, 4) is 0 Å². The number of Topliss-reactive ketones (excluding diaryl/α,β-unsaturated/α-hetero) is 1. The van der Waals surface area contributed by atoms with E-state index in [1.807, 2.05) is 0 Å². The number of nitrogens with two attached hydrogens (primary N) is 1. The number of nitrogens with one attached hydrogen (secondary N) is 1. The topological polar surface area (TPSA) is 89.3 Å². The monoisotopic (exact) mass is 298 g/mol. The molecule has 0 aliphatic rings. The van der Waals surface area contributed by atoms with Crippen LogP contribution in [0.15, 0.2) is 18.2 Å². The molecule has 2 amide bonds. The lowest BCUT2D eigenvalue weighted by atomic mass is 10.1. The molecule has 0 saturated heterocycles. The van der Waals surface area contributed by atoms with Crippen molar-refractivity contribution in [2.24, 2.45) is 5.73 Å². The first-order valence-electron chi connectivity index (χ1n) is 6.31. The second kappa shape index (κ2) is 7.47. The van der Waals surface area contributed by atoms with Gasteiger partial charge in [0.2, 0.25) is 11.8 Å². The van der Waals surface area contributed by atoms with Crippen molar-refractivity contribution in [1.82, 2.24) is 5.32 Å². The molecule has 0 aliphatic heterocycles. The predicted octanol–water partition coefficient (Wildman–Crippen LogP) is 0.847. The number of primary amides is 1. The highest BCUT2D eigenvalue weighted by molar-refractivity contribution is 5.88. The lowest BCUT2D eigenvalue weighted by Crippen LogP contribution is -2.45. The van der Waals surface area contributed by atoms with Crippen LogP contribution in [0.2, 0.25) is 0 Å². The van der Waals surface area contributed by atoms with Crippen molar-refractivity contribution >= 4 is 17.6 Å². The Morgan fingerprint density at radius 2 is 1.95 bits per heavy atom. The zero-order valence-electron chi connectivity index (χ0n) is 11.5. The Kier molecular flexibility index (Phi) is 5.95. The molecule has 1 atom stereocenters. The van der Waals surface area contributed by atoms with Crippen LogP contribution in [0.1, 0.15) is 25.3 Å². The van der Waals surface area contributed by atoms with Gasteiger partial charge in [-0.05, 0) is 25.0 Å². The highest BCUT2D eigenvalue weighted by Crippen LogP contribution is 2.10. The summed E-state index contributed by atoms with van der Waals surface area (Å²) < 4.78 is 26.1. The molecule has 7 heteroatoms. The van der Waals surface area contributed by atoms with Gasteiger partial charge in [-0.15, -0.1) is 0 Å². The fourth-order valence-electron chi connectivity index (χ4n) is 1.72. The molecule has 0 aliphatic carbocycles. The molecule has 5 nitrogen and oxygen atoms in total. The number of ketones is 1. The molecule has 0 aromatic heterocycles. The quantitative estimate of drug-likeness (QED) is 0.782. The van der Waals surface area contributed by atoms with Gasteiger partial charge in [-0.2, -0.15) is 0 Å². The Hall–Kier alpha value is -2.31. The molecule has 0 spiro atoms. The van der Waals surface area contributed by atoms with Crippen molar-refractivity contribution in [2.45, 2.75) is 32.2 Å². The molecule has 0 heterocycles. The molecule has 1 aromatic carbocycles. The number of benzene rings is 1. The first-order chi connectivity index (χ1) is 9.79. The summed E-state index contributed by atoms with van der Waals surface area (Å²) in [5.41, 5.74) is 5.13. The summed E-state index contributed by atoms with van der Waals surface area (Å²) in [7, 11) is 0. The van der Waals surface area contributed by atoms with Gasteiger partial charge < -0.3 is 15.8 Å². The first-order valence-corrected chi connectivity index (χ1v) is 6.31. The molecule has 0 bridgehead atoms. The lowest BCUT2D eigenvalue weighted by Gasteiger charge is -2.15. The summed E-state index contributed by atoms with van der Waals surface area (Å²) in [6, 6.07) is 1.86. The first kappa shape index (κ1) is 16.7. The Balaban J connectivity index is 2.65. The normalized spacial score (nSPS) is 11.8. The summed E-state index contributed by atoms with van der Waals surface area (Å²) in [5, 5.41) is 2.34. The van der Waals surface area contributed by atoms with Gasteiger partial charge in [0.15, 0.2) is 0 Å². The molecule has 0 saturated carbocycles. The fourth-order valence-corrected chi connectivity index (χ4v) is 1.72. The Morgan fingerprint density at radius 1 is 1.29 bits per heavy atom. The highest BCUT2D eigenvalue weighted by Gasteiger charge is 2.19. The van der Waals surface area contributed by atoms with Crippen molar-refractivity contribution < 1.29 is 23.2 Å². The third-order valence-corrected chi connectivity index (χ3v) is 2.83. The zero-order valence-corrected chi connectivity index (χ0v) is 11.5. The van der Waals surface area contributed by atoms with Gasteiger partial charge in [0, 0.05) is 12.5 Å². The van der Waals surface area contributed by atoms with E-state index in [-0.39, 0.29) is 30.6 Å². The molecule has 3 N–H and O–H groups in total. The second-order valence-corrected chi connectivity index (χ2v) is 4.68. The number of hydrogen-bond donors (Lipinski definition) is 2. The van der Waals surface area contributed by atoms with Gasteiger partial charge in [-0.1, -0.05) is 6.07 Å². The van der Waals surface area contributed by atoms with E-state index in [4.69, 9.17) is 5.73 Å². The second-order valence-electron chi connectivity index (χ2n) is 4.68. The van der Waals surface area contributed by atoms with Crippen LogP contribution in [0.5, 0.6) is 0 Å². The molecule has 1 rings (SSSR count). The number of rotatable bonds is 7. The molecule has 114 valence electrons. The van der Waals surface area contributed by atoms with Crippen molar-refractivity contribution in [3.63, 3.8) is 0 Å². The largest absolute Gasteiger partial charge is 0.368 e. The van der Waals surface area contributed by atoms with Crippen molar-refractivity contribution in [1.29, 1.82) is 0 Å². The maximum absolute atomic E-state index is 13.4. The van der Waals surface area contributed by atoms with E-state index in [1.165, 1.54) is 6.92 Å². The SMILES string of the molecule is CC(=O)CC[C@@H](NC(=O)Cc1ccc(F)cc1F)C(N)=O. The van der Waals surface area contributed by atoms with Crippen LogP contribution < -0.4 is 11.1 Å². The molecular weight excluding hydrogens is 282 g/mol. The van der Waals surface area contributed by atoms with E-state index < -0.39 is 29.5 Å². The summed E-state index contributed by atoms with van der Waals surface area (Å²) in [5.74, 6) is -3.13. The number of halogens is 2. The number of amides is 2. The van der Waals surface area contributed by atoms with E-state index in [2.05, 4.69) is 5.32 Å². The van der Waals surface area contributed by atoms with Crippen molar-refractivity contribution in [2.75, 3.05) is 0 Å². The van der Waals surface area contributed by atoms with Gasteiger partial charge in [-0.25, -0.2) is 8.78 Å². The van der Waals surface area contributed by atoms with Crippen molar-refractivity contribution in [3.05, 3.63) is 35.4 Å². The molecule has 0 fully saturated rings. The third kappa shape index (κ3) is 5.68. The minimum atomic E-state index is -0.995. The van der Waals surface area contributed by atoms with E-state index in [0.29, 0.717) is 6.07 Å². The van der Waals surface area contributed by atoms with Gasteiger partial charge >= 0.3 is 0 Å². The molecular formula is C14H16F2N2O3. The van der Waals surface area contributed by atoms with Crippen LogP contribution in [0.4, 0.5) is 8.78 Å². The average molecular weight is 298 g/mol. The van der Waals surface area contributed by atoms with Crippen LogP contribution in [-0.2, 0) is 20.8 Å². The summed E-state index contributed by atoms with van der Waals surface area (Å²) >= 11 is 0. The van der Waals surface area contributed by atoms with E-state index in [1.54, 1.807) is 0 Å². The standard InChI is InChI=1S/C14H16F2N2O3/c1-8(19)2-5-12(14(17)21)18-13(20)6-9-3-4-10(15)7-11(9)16/h3-4,7,12H,2,5-6H2,1H3,(H2,17,21)(H,18,20)/t12-/m1/s1. The van der Waals surface area contributed by atoms with Gasteiger partial charge in [0.05, 0.1) is 6.42 Å².